The summed E-state index contributed by atoms with van der Waals surface area (Å²) in [6.07, 6.45) is 0. The van der Waals surface area contributed by atoms with E-state index in [2.05, 4.69) is 5.32 Å². The Kier molecular flexibility index (Phi) is 3.83. The Hall–Kier alpha value is -0.223. The predicted molar refractivity (Wildman–Crippen MR) is 63.7 cm³/mol. The highest BCUT2D eigenvalue weighted by Gasteiger charge is 2.27. The van der Waals surface area contributed by atoms with Gasteiger partial charge in [-0.3, -0.25) is 4.79 Å². The molecule has 0 unspecified atom stereocenters. The van der Waals surface area contributed by atoms with Gasteiger partial charge in [0.15, 0.2) is 0 Å². The monoisotopic (exact) mass is 267 g/mol. The second kappa shape index (κ2) is 4.53. The fourth-order valence-corrected chi connectivity index (χ4v) is 2.62. The van der Waals surface area contributed by atoms with Gasteiger partial charge in [-0.2, -0.15) is 0 Å². The third kappa shape index (κ3) is 3.50. The molecule has 6 heteroatoms. The topological polar surface area (TPSA) is 29.1 Å². The molecule has 1 N–H and O–H groups in total. The van der Waals surface area contributed by atoms with Gasteiger partial charge in [0.2, 0.25) is 5.91 Å². The standard InChI is InChI=1S/C8H8Cl3NOSi/c1-6(13)12-7-2-4-8(5-3-7)14(9,10)11/h2-5H,1H3,(H,12,13). The van der Waals surface area contributed by atoms with Crippen molar-refractivity contribution in [3.05, 3.63) is 24.3 Å². The van der Waals surface area contributed by atoms with Crippen molar-refractivity contribution in [2.24, 2.45) is 0 Å². The van der Waals surface area contributed by atoms with Gasteiger partial charge in [-0.1, -0.05) is 12.1 Å². The van der Waals surface area contributed by atoms with Crippen LogP contribution in [-0.2, 0) is 4.79 Å². The van der Waals surface area contributed by atoms with E-state index in [1.54, 1.807) is 24.3 Å². The van der Waals surface area contributed by atoms with E-state index in [-0.39, 0.29) is 5.91 Å². The van der Waals surface area contributed by atoms with Crippen molar-refractivity contribution < 1.29 is 4.79 Å². The Balaban J connectivity index is 2.84. The number of rotatable bonds is 2. The van der Waals surface area contributed by atoms with E-state index >= 15 is 0 Å². The maximum Gasteiger partial charge on any atom is 0.372 e. The lowest BCUT2D eigenvalue weighted by atomic mass is 10.3. The molecule has 0 bridgehead atoms. The van der Waals surface area contributed by atoms with Crippen LogP contribution < -0.4 is 10.5 Å². The maximum atomic E-state index is 10.7. The molecule has 0 atom stereocenters. The number of benzene rings is 1. The van der Waals surface area contributed by atoms with Crippen molar-refractivity contribution in [3.63, 3.8) is 0 Å². The molecule has 14 heavy (non-hydrogen) atoms. The van der Waals surface area contributed by atoms with Crippen molar-refractivity contribution in [1.29, 1.82) is 0 Å². The minimum atomic E-state index is -2.79. The number of anilines is 1. The molecule has 76 valence electrons. The Bertz CT molecular complexity index is 333. The molecule has 0 aliphatic rings. The summed E-state index contributed by atoms with van der Waals surface area (Å²) in [7, 11) is 0. The summed E-state index contributed by atoms with van der Waals surface area (Å²) >= 11 is 17.4. The molecular weight excluding hydrogens is 261 g/mol. The van der Waals surface area contributed by atoms with Gasteiger partial charge in [-0.05, 0) is 17.3 Å². The van der Waals surface area contributed by atoms with Gasteiger partial charge in [0.25, 0.3) is 0 Å². The van der Waals surface area contributed by atoms with Gasteiger partial charge in [0, 0.05) is 12.6 Å². The van der Waals surface area contributed by atoms with E-state index in [1.807, 2.05) is 0 Å². The number of carbonyl (C=O) groups is 1. The molecule has 0 heterocycles. The number of carbonyl (C=O) groups excluding carboxylic acids is 1. The molecule has 1 amide bonds. The molecule has 0 radical (unpaired) electrons. The highest BCUT2D eigenvalue weighted by molar-refractivity contribution is 7.69. The number of hydrogen-bond donors (Lipinski definition) is 1. The fourth-order valence-electron chi connectivity index (χ4n) is 0.946. The van der Waals surface area contributed by atoms with Crippen LogP contribution in [-0.4, -0.2) is 11.9 Å². The molecule has 0 spiro atoms. The molecule has 0 aliphatic carbocycles. The Morgan fingerprint density at radius 1 is 1.21 bits per heavy atom. The van der Waals surface area contributed by atoms with Gasteiger partial charge in [0.1, 0.15) is 0 Å². The van der Waals surface area contributed by atoms with Crippen LogP contribution in [0.3, 0.4) is 0 Å². The number of nitrogens with one attached hydrogen (secondary N) is 1. The zero-order chi connectivity index (χ0) is 10.8. The Morgan fingerprint density at radius 3 is 2.07 bits per heavy atom. The van der Waals surface area contributed by atoms with E-state index in [0.29, 0.717) is 10.9 Å². The molecule has 0 saturated heterocycles. The predicted octanol–water partition coefficient (Wildman–Crippen LogP) is 2.51. The van der Waals surface area contributed by atoms with E-state index in [4.69, 9.17) is 33.2 Å². The van der Waals surface area contributed by atoms with Crippen LogP contribution in [0.5, 0.6) is 0 Å². The van der Waals surface area contributed by atoms with E-state index in [9.17, 15) is 4.79 Å². The molecule has 0 aromatic heterocycles. The first-order valence-electron chi connectivity index (χ1n) is 3.84. The summed E-state index contributed by atoms with van der Waals surface area (Å²) < 4.78 is 0. The van der Waals surface area contributed by atoms with Gasteiger partial charge >= 0.3 is 6.00 Å². The summed E-state index contributed by atoms with van der Waals surface area (Å²) in [6.45, 7) is 1.44. The maximum absolute atomic E-state index is 10.7. The van der Waals surface area contributed by atoms with Crippen LogP contribution in [0, 0.1) is 0 Å². The van der Waals surface area contributed by atoms with Crippen LogP contribution in [0.2, 0.25) is 0 Å². The lowest BCUT2D eigenvalue weighted by molar-refractivity contribution is -0.114. The van der Waals surface area contributed by atoms with Crippen molar-refractivity contribution in [1.82, 2.24) is 0 Å². The van der Waals surface area contributed by atoms with E-state index in [1.165, 1.54) is 6.92 Å². The smallest absolute Gasteiger partial charge is 0.326 e. The third-order valence-electron chi connectivity index (χ3n) is 1.53. The second-order valence-corrected chi connectivity index (χ2v) is 11.2. The number of amides is 1. The summed E-state index contributed by atoms with van der Waals surface area (Å²) in [5.41, 5.74) is 0.699. The Morgan fingerprint density at radius 2 is 1.71 bits per heavy atom. The summed E-state index contributed by atoms with van der Waals surface area (Å²) in [4.78, 5) is 10.7. The van der Waals surface area contributed by atoms with Gasteiger partial charge in [-0.25, -0.2) is 0 Å². The summed E-state index contributed by atoms with van der Waals surface area (Å²) in [5.74, 6) is -0.121. The minimum absolute atomic E-state index is 0.121. The summed E-state index contributed by atoms with van der Waals surface area (Å²) in [5, 5.41) is 3.34. The van der Waals surface area contributed by atoms with Gasteiger partial charge in [0.05, 0.1) is 0 Å². The molecular formula is C8H8Cl3NOSi. The molecule has 1 aromatic rings. The van der Waals surface area contributed by atoms with Crippen LogP contribution in [0.1, 0.15) is 6.92 Å². The minimum Gasteiger partial charge on any atom is -0.326 e. The molecule has 1 aromatic carbocycles. The fraction of sp³-hybridized carbons (Fsp3) is 0.125. The molecule has 1 rings (SSSR count). The number of hydrogen-bond acceptors (Lipinski definition) is 1. The van der Waals surface area contributed by atoms with Crippen LogP contribution >= 0.6 is 33.2 Å². The average Bonchev–Trinajstić information content (AvgIpc) is 2.02. The van der Waals surface area contributed by atoms with Crippen LogP contribution in [0.4, 0.5) is 5.69 Å². The molecule has 0 aliphatic heterocycles. The van der Waals surface area contributed by atoms with Crippen molar-refractivity contribution in [3.8, 4) is 0 Å². The lowest BCUT2D eigenvalue weighted by Crippen LogP contribution is -2.29. The van der Waals surface area contributed by atoms with Crippen molar-refractivity contribution >= 4 is 56.0 Å². The quantitative estimate of drug-likeness (QED) is 0.648. The second-order valence-electron chi connectivity index (χ2n) is 2.76. The third-order valence-corrected chi connectivity index (χ3v) is 4.48. The average molecular weight is 269 g/mol. The lowest BCUT2D eigenvalue weighted by Gasteiger charge is -2.08. The van der Waals surface area contributed by atoms with Crippen LogP contribution in [0.25, 0.3) is 0 Å². The Labute approximate surface area is 97.3 Å². The molecule has 2 nitrogen and oxygen atoms in total. The van der Waals surface area contributed by atoms with E-state index in [0.717, 1.165) is 0 Å². The summed E-state index contributed by atoms with van der Waals surface area (Å²) in [6, 6.07) is 4.06. The van der Waals surface area contributed by atoms with Crippen LogP contribution in [0.15, 0.2) is 24.3 Å². The molecule has 0 saturated carbocycles. The SMILES string of the molecule is CC(=O)Nc1ccc([Si](Cl)(Cl)Cl)cc1. The highest BCUT2D eigenvalue weighted by Crippen LogP contribution is 2.20. The zero-order valence-corrected chi connectivity index (χ0v) is 10.6. The zero-order valence-electron chi connectivity index (χ0n) is 7.35. The molecule has 0 fully saturated rings. The van der Waals surface area contributed by atoms with E-state index < -0.39 is 6.00 Å². The first kappa shape index (κ1) is 11.8. The van der Waals surface area contributed by atoms with Crippen molar-refractivity contribution in [2.45, 2.75) is 6.92 Å². The number of halogens is 3. The first-order chi connectivity index (χ1) is 6.39. The van der Waals surface area contributed by atoms with Gasteiger partial charge in [-0.15, -0.1) is 33.2 Å². The largest absolute Gasteiger partial charge is 0.372 e. The van der Waals surface area contributed by atoms with Gasteiger partial charge < -0.3 is 5.32 Å². The highest BCUT2D eigenvalue weighted by atomic mass is 35.8. The normalized spacial score (nSPS) is 11.1. The first-order valence-corrected chi connectivity index (χ1v) is 8.88. The van der Waals surface area contributed by atoms with Crippen molar-refractivity contribution in [2.75, 3.05) is 5.32 Å².